The fourth-order valence-electron chi connectivity index (χ4n) is 2.24. The Kier molecular flexibility index (Phi) is 1.68. The first-order valence-electron chi connectivity index (χ1n) is 4.44. The molecule has 66 valence electrons. The van der Waals surface area contributed by atoms with Crippen LogP contribution in [0.4, 0.5) is 0 Å². The van der Waals surface area contributed by atoms with E-state index in [2.05, 4.69) is 0 Å². The maximum absolute atomic E-state index is 10.9. The molecule has 3 heteroatoms. The third kappa shape index (κ3) is 1.05. The first-order chi connectivity index (χ1) is 5.68. The Morgan fingerprint density at radius 2 is 2.25 bits per heavy atom. The Morgan fingerprint density at radius 1 is 1.50 bits per heavy atom. The first-order valence-corrected chi connectivity index (χ1v) is 4.44. The molecule has 1 amide bonds. The molecule has 1 saturated carbocycles. The van der Waals surface area contributed by atoms with Crippen LogP contribution >= 0.6 is 0 Å². The van der Waals surface area contributed by atoms with Crippen molar-refractivity contribution in [1.82, 2.24) is 0 Å². The Balaban J connectivity index is 2.17. The number of rotatable bonds is 1. The van der Waals surface area contributed by atoms with Crippen LogP contribution in [0.15, 0.2) is 11.6 Å². The number of hydrogen-bond donors (Lipinski definition) is 2. The second-order valence-electron chi connectivity index (χ2n) is 3.84. The van der Waals surface area contributed by atoms with E-state index >= 15 is 0 Å². The van der Waals surface area contributed by atoms with E-state index in [1.807, 2.05) is 6.08 Å². The maximum Gasteiger partial charge on any atom is 0.244 e. The minimum Gasteiger partial charge on any atom is -0.366 e. The topological polar surface area (TPSA) is 69.1 Å². The van der Waals surface area contributed by atoms with Gasteiger partial charge in [0, 0.05) is 11.6 Å². The second-order valence-corrected chi connectivity index (χ2v) is 3.84. The molecular weight excluding hydrogens is 152 g/mol. The summed E-state index contributed by atoms with van der Waals surface area (Å²) >= 11 is 0. The summed E-state index contributed by atoms with van der Waals surface area (Å²) in [6.07, 6.45) is 5.13. The highest BCUT2D eigenvalue weighted by Gasteiger charge is 2.38. The lowest BCUT2D eigenvalue weighted by Gasteiger charge is -2.43. The molecule has 12 heavy (non-hydrogen) atoms. The van der Waals surface area contributed by atoms with E-state index in [0.717, 1.165) is 12.0 Å². The standard InChI is InChI=1S/C9H14N2O/c10-8-4-6(9(11)12)3-5-1-2-7(5)8/h4-5,7-8H,1-3,10H2,(H2,11,12)/t5?,7?,8-/m0/s1. The molecular formula is C9H14N2O. The number of nitrogens with two attached hydrogens (primary N) is 2. The normalized spacial score (nSPS) is 39.4. The highest BCUT2D eigenvalue weighted by atomic mass is 16.1. The van der Waals surface area contributed by atoms with Gasteiger partial charge >= 0.3 is 0 Å². The van der Waals surface area contributed by atoms with Crippen molar-refractivity contribution in [1.29, 1.82) is 0 Å². The third-order valence-corrected chi connectivity index (χ3v) is 3.16. The lowest BCUT2D eigenvalue weighted by atomic mass is 9.64. The Bertz CT molecular complexity index is 247. The van der Waals surface area contributed by atoms with Crippen LogP contribution in [0.25, 0.3) is 0 Å². The molecule has 0 bridgehead atoms. The van der Waals surface area contributed by atoms with E-state index in [0.29, 0.717) is 11.8 Å². The van der Waals surface area contributed by atoms with Crippen molar-refractivity contribution >= 4 is 5.91 Å². The third-order valence-electron chi connectivity index (χ3n) is 3.16. The molecule has 3 atom stereocenters. The quantitative estimate of drug-likeness (QED) is 0.582. The molecule has 1 fully saturated rings. The van der Waals surface area contributed by atoms with Gasteiger partial charge in [-0.25, -0.2) is 0 Å². The summed E-state index contributed by atoms with van der Waals surface area (Å²) in [4.78, 5) is 10.9. The molecule has 2 rings (SSSR count). The molecule has 2 unspecified atom stereocenters. The van der Waals surface area contributed by atoms with Gasteiger partial charge in [0.25, 0.3) is 0 Å². The Hall–Kier alpha value is -0.830. The van der Waals surface area contributed by atoms with Crippen molar-refractivity contribution in [3.05, 3.63) is 11.6 Å². The number of carbonyl (C=O) groups is 1. The molecule has 0 saturated heterocycles. The van der Waals surface area contributed by atoms with Crippen LogP contribution in [0.5, 0.6) is 0 Å². The molecule has 2 aliphatic rings. The zero-order valence-corrected chi connectivity index (χ0v) is 6.99. The zero-order chi connectivity index (χ0) is 8.72. The summed E-state index contributed by atoms with van der Waals surface area (Å²) in [6.45, 7) is 0. The van der Waals surface area contributed by atoms with E-state index in [1.165, 1.54) is 12.8 Å². The molecule has 0 aliphatic heterocycles. The molecule has 0 heterocycles. The summed E-state index contributed by atoms with van der Waals surface area (Å²) in [5.74, 6) is 0.955. The van der Waals surface area contributed by atoms with Crippen LogP contribution in [0.1, 0.15) is 19.3 Å². The summed E-state index contributed by atoms with van der Waals surface area (Å²) in [5.41, 5.74) is 11.8. The fraction of sp³-hybridized carbons (Fsp3) is 0.667. The van der Waals surface area contributed by atoms with Gasteiger partial charge in [-0.05, 0) is 31.1 Å². The van der Waals surface area contributed by atoms with Gasteiger partial charge in [0.2, 0.25) is 5.91 Å². The average molecular weight is 166 g/mol. The van der Waals surface area contributed by atoms with E-state index in [4.69, 9.17) is 11.5 Å². The van der Waals surface area contributed by atoms with E-state index < -0.39 is 0 Å². The molecule has 0 aromatic heterocycles. The van der Waals surface area contributed by atoms with E-state index in [9.17, 15) is 4.79 Å². The monoisotopic (exact) mass is 166 g/mol. The number of carbonyl (C=O) groups excluding carboxylic acids is 1. The summed E-state index contributed by atoms with van der Waals surface area (Å²) < 4.78 is 0. The van der Waals surface area contributed by atoms with Crippen LogP contribution in [0.3, 0.4) is 0 Å². The molecule has 0 aromatic rings. The largest absolute Gasteiger partial charge is 0.366 e. The number of amides is 1. The van der Waals surface area contributed by atoms with Crippen LogP contribution in [-0.4, -0.2) is 11.9 Å². The van der Waals surface area contributed by atoms with Crippen LogP contribution in [0.2, 0.25) is 0 Å². The highest BCUT2D eigenvalue weighted by Crippen LogP contribution is 2.43. The minimum atomic E-state index is -0.296. The maximum atomic E-state index is 10.9. The predicted octanol–water partition coefficient (Wildman–Crippen LogP) is 0.155. The minimum absolute atomic E-state index is 0.0694. The van der Waals surface area contributed by atoms with Gasteiger partial charge in [-0.1, -0.05) is 6.08 Å². The van der Waals surface area contributed by atoms with Gasteiger partial charge < -0.3 is 11.5 Å². The van der Waals surface area contributed by atoms with Gasteiger partial charge in [-0.15, -0.1) is 0 Å². The summed E-state index contributed by atoms with van der Waals surface area (Å²) in [7, 11) is 0. The molecule has 0 aromatic carbocycles. The highest BCUT2D eigenvalue weighted by molar-refractivity contribution is 5.92. The molecule has 0 spiro atoms. The van der Waals surface area contributed by atoms with Crippen molar-refractivity contribution in [3.8, 4) is 0 Å². The zero-order valence-electron chi connectivity index (χ0n) is 6.99. The number of primary amides is 1. The molecule has 4 N–H and O–H groups in total. The van der Waals surface area contributed by atoms with Crippen molar-refractivity contribution in [2.24, 2.45) is 23.3 Å². The van der Waals surface area contributed by atoms with Crippen molar-refractivity contribution in [3.63, 3.8) is 0 Å². The smallest absolute Gasteiger partial charge is 0.244 e. The number of hydrogen-bond acceptors (Lipinski definition) is 2. The SMILES string of the molecule is NC(=O)C1=C[C@H](N)C2CCC2C1. The fourth-order valence-corrected chi connectivity index (χ4v) is 2.24. The van der Waals surface area contributed by atoms with Gasteiger partial charge in [0.1, 0.15) is 0 Å². The van der Waals surface area contributed by atoms with Crippen molar-refractivity contribution in [2.75, 3.05) is 0 Å². The van der Waals surface area contributed by atoms with Gasteiger partial charge in [0.15, 0.2) is 0 Å². The molecule has 0 radical (unpaired) electrons. The Morgan fingerprint density at radius 3 is 2.67 bits per heavy atom. The molecule has 2 aliphatic carbocycles. The lowest BCUT2D eigenvalue weighted by molar-refractivity contribution is -0.115. The Labute approximate surface area is 71.8 Å². The van der Waals surface area contributed by atoms with Crippen molar-refractivity contribution < 1.29 is 4.79 Å². The molecule has 3 nitrogen and oxygen atoms in total. The van der Waals surface area contributed by atoms with Gasteiger partial charge in [0.05, 0.1) is 0 Å². The van der Waals surface area contributed by atoms with Crippen LogP contribution < -0.4 is 11.5 Å². The summed E-state index contributed by atoms with van der Waals surface area (Å²) in [6, 6.07) is 0.0694. The average Bonchev–Trinajstić information content (AvgIpc) is 1.92. The van der Waals surface area contributed by atoms with E-state index in [1.54, 1.807) is 0 Å². The van der Waals surface area contributed by atoms with Crippen molar-refractivity contribution in [2.45, 2.75) is 25.3 Å². The van der Waals surface area contributed by atoms with Crippen LogP contribution in [0, 0.1) is 11.8 Å². The summed E-state index contributed by atoms with van der Waals surface area (Å²) in [5, 5.41) is 0. The number of fused-ring (bicyclic) bond motifs is 1. The second kappa shape index (κ2) is 2.59. The van der Waals surface area contributed by atoms with Gasteiger partial charge in [-0.3, -0.25) is 4.79 Å². The first kappa shape index (κ1) is 7.80. The van der Waals surface area contributed by atoms with Crippen LogP contribution in [-0.2, 0) is 4.79 Å². The lowest BCUT2D eigenvalue weighted by Crippen LogP contribution is -2.44. The predicted molar refractivity (Wildman–Crippen MR) is 46.1 cm³/mol. The van der Waals surface area contributed by atoms with E-state index in [-0.39, 0.29) is 11.9 Å². The van der Waals surface area contributed by atoms with Gasteiger partial charge in [-0.2, -0.15) is 0 Å².